The molecule has 0 saturated carbocycles. The maximum absolute atomic E-state index is 12.4. The molecule has 0 bridgehead atoms. The fraction of sp³-hybridized carbons (Fsp3) is 0.562. The van der Waals surface area contributed by atoms with Crippen LogP contribution in [0, 0.1) is 5.41 Å². The Morgan fingerprint density at radius 2 is 2.11 bits per heavy atom. The molecule has 0 unspecified atom stereocenters. The van der Waals surface area contributed by atoms with E-state index in [9.17, 15) is 4.79 Å². The van der Waals surface area contributed by atoms with Crippen LogP contribution < -0.4 is 5.32 Å². The van der Waals surface area contributed by atoms with E-state index < -0.39 is 0 Å². The smallest absolute Gasteiger partial charge is 0.227 e. The number of piperidine rings is 1. The van der Waals surface area contributed by atoms with Crippen molar-refractivity contribution in [2.24, 2.45) is 5.41 Å². The van der Waals surface area contributed by atoms with Gasteiger partial charge in [0.1, 0.15) is 0 Å². The van der Waals surface area contributed by atoms with Crippen molar-refractivity contribution in [3.63, 3.8) is 0 Å². The maximum Gasteiger partial charge on any atom is 0.227 e. The number of likely N-dealkylation sites (tertiary alicyclic amines) is 1. The van der Waals surface area contributed by atoms with Gasteiger partial charge in [-0.15, -0.1) is 0 Å². The number of hydrogen-bond donors (Lipinski definition) is 1. The third kappa shape index (κ3) is 2.81. The molecule has 1 aromatic carbocycles. The standard InChI is InChI=1S/C16H22N2O/c19-15(11-14-5-2-1-3-6-14)18-10-4-7-16(13-18)8-9-17-12-16/h1-3,5-6,17H,4,7-13H2/t16-/m0/s1. The summed E-state index contributed by atoms with van der Waals surface area (Å²) in [5, 5.41) is 3.45. The number of nitrogens with zero attached hydrogens (tertiary/aromatic N) is 1. The SMILES string of the molecule is O=C(Cc1ccccc1)N1CCC[C@@]2(CCNC2)C1. The molecule has 2 fully saturated rings. The van der Waals surface area contributed by atoms with Crippen LogP contribution >= 0.6 is 0 Å². The van der Waals surface area contributed by atoms with Crippen molar-refractivity contribution in [2.75, 3.05) is 26.2 Å². The molecule has 102 valence electrons. The number of benzene rings is 1. The van der Waals surface area contributed by atoms with E-state index in [0.717, 1.165) is 38.2 Å². The summed E-state index contributed by atoms with van der Waals surface area (Å²) < 4.78 is 0. The lowest BCUT2D eigenvalue weighted by molar-refractivity contribution is -0.133. The highest BCUT2D eigenvalue weighted by molar-refractivity contribution is 5.78. The molecule has 1 atom stereocenters. The first kappa shape index (κ1) is 12.7. The van der Waals surface area contributed by atoms with Crippen molar-refractivity contribution in [1.29, 1.82) is 0 Å². The van der Waals surface area contributed by atoms with Crippen LogP contribution in [-0.2, 0) is 11.2 Å². The minimum Gasteiger partial charge on any atom is -0.342 e. The highest BCUT2D eigenvalue weighted by Crippen LogP contribution is 2.35. The Morgan fingerprint density at radius 3 is 2.84 bits per heavy atom. The van der Waals surface area contributed by atoms with Crippen molar-refractivity contribution in [1.82, 2.24) is 10.2 Å². The molecule has 19 heavy (non-hydrogen) atoms. The molecule has 1 aromatic rings. The van der Waals surface area contributed by atoms with Crippen molar-refractivity contribution in [2.45, 2.75) is 25.7 Å². The number of carbonyl (C=O) groups is 1. The summed E-state index contributed by atoms with van der Waals surface area (Å²) in [4.78, 5) is 14.5. The fourth-order valence-electron chi connectivity index (χ4n) is 3.45. The van der Waals surface area contributed by atoms with E-state index in [-0.39, 0.29) is 5.91 Å². The number of nitrogens with one attached hydrogen (secondary N) is 1. The molecule has 2 heterocycles. The van der Waals surface area contributed by atoms with Crippen LogP contribution in [0.4, 0.5) is 0 Å². The van der Waals surface area contributed by atoms with E-state index in [0.29, 0.717) is 11.8 Å². The van der Waals surface area contributed by atoms with E-state index in [2.05, 4.69) is 10.2 Å². The molecule has 0 aromatic heterocycles. The van der Waals surface area contributed by atoms with Gasteiger partial charge in [-0.1, -0.05) is 30.3 Å². The van der Waals surface area contributed by atoms with Gasteiger partial charge < -0.3 is 10.2 Å². The zero-order chi connectivity index (χ0) is 13.1. The average Bonchev–Trinajstić information content (AvgIpc) is 2.88. The van der Waals surface area contributed by atoms with Gasteiger partial charge in [-0.05, 0) is 31.4 Å². The normalized spacial score (nSPS) is 26.8. The van der Waals surface area contributed by atoms with Crippen molar-refractivity contribution in [3.05, 3.63) is 35.9 Å². The maximum atomic E-state index is 12.4. The molecule has 3 heteroatoms. The second-order valence-electron chi connectivity index (χ2n) is 6.01. The summed E-state index contributed by atoms with van der Waals surface area (Å²) in [5.41, 5.74) is 1.49. The summed E-state index contributed by atoms with van der Waals surface area (Å²) in [6, 6.07) is 10.1. The van der Waals surface area contributed by atoms with Gasteiger partial charge in [0, 0.05) is 25.0 Å². The average molecular weight is 258 g/mol. The lowest BCUT2D eigenvalue weighted by Gasteiger charge is -2.40. The topological polar surface area (TPSA) is 32.3 Å². The Morgan fingerprint density at radius 1 is 1.26 bits per heavy atom. The van der Waals surface area contributed by atoms with Crippen molar-refractivity contribution < 1.29 is 4.79 Å². The lowest BCUT2D eigenvalue weighted by Crippen LogP contribution is -2.47. The van der Waals surface area contributed by atoms with E-state index in [4.69, 9.17) is 0 Å². The summed E-state index contributed by atoms with van der Waals surface area (Å²) in [5.74, 6) is 0.289. The van der Waals surface area contributed by atoms with Crippen LogP contribution in [0.3, 0.4) is 0 Å². The van der Waals surface area contributed by atoms with Gasteiger partial charge in [-0.2, -0.15) is 0 Å². The van der Waals surface area contributed by atoms with Crippen molar-refractivity contribution >= 4 is 5.91 Å². The van der Waals surface area contributed by atoms with Crippen LogP contribution in [0.15, 0.2) is 30.3 Å². The number of amides is 1. The molecule has 1 N–H and O–H groups in total. The predicted molar refractivity (Wildman–Crippen MR) is 75.9 cm³/mol. The lowest BCUT2D eigenvalue weighted by atomic mass is 9.79. The van der Waals surface area contributed by atoms with Crippen LogP contribution in [0.5, 0.6) is 0 Å². The monoisotopic (exact) mass is 258 g/mol. The Kier molecular flexibility index (Phi) is 3.56. The van der Waals surface area contributed by atoms with Gasteiger partial charge in [0.2, 0.25) is 5.91 Å². The molecule has 3 nitrogen and oxygen atoms in total. The second-order valence-corrected chi connectivity index (χ2v) is 6.01. The largest absolute Gasteiger partial charge is 0.342 e. The molecule has 1 amide bonds. The number of rotatable bonds is 2. The highest BCUT2D eigenvalue weighted by atomic mass is 16.2. The Labute approximate surface area is 115 Å². The van der Waals surface area contributed by atoms with Gasteiger partial charge in [-0.3, -0.25) is 4.79 Å². The van der Waals surface area contributed by atoms with Gasteiger partial charge in [0.15, 0.2) is 0 Å². The van der Waals surface area contributed by atoms with E-state index >= 15 is 0 Å². The first-order valence-electron chi connectivity index (χ1n) is 7.30. The zero-order valence-electron chi connectivity index (χ0n) is 11.4. The second kappa shape index (κ2) is 5.33. The van der Waals surface area contributed by atoms with Crippen LogP contribution in [0.1, 0.15) is 24.8 Å². The molecular formula is C16H22N2O. The minimum atomic E-state index is 0.289. The zero-order valence-corrected chi connectivity index (χ0v) is 11.4. The molecule has 3 rings (SSSR count). The molecular weight excluding hydrogens is 236 g/mol. The quantitative estimate of drug-likeness (QED) is 0.878. The molecule has 2 saturated heterocycles. The fourth-order valence-corrected chi connectivity index (χ4v) is 3.45. The van der Waals surface area contributed by atoms with E-state index in [1.807, 2.05) is 30.3 Å². The summed E-state index contributed by atoms with van der Waals surface area (Å²) in [7, 11) is 0. The Balaban J connectivity index is 1.63. The van der Waals surface area contributed by atoms with Gasteiger partial charge in [0.25, 0.3) is 0 Å². The van der Waals surface area contributed by atoms with Gasteiger partial charge in [0.05, 0.1) is 6.42 Å². The third-order valence-electron chi connectivity index (χ3n) is 4.54. The van der Waals surface area contributed by atoms with Gasteiger partial charge >= 0.3 is 0 Å². The number of hydrogen-bond acceptors (Lipinski definition) is 2. The van der Waals surface area contributed by atoms with E-state index in [1.165, 1.54) is 12.8 Å². The first-order valence-corrected chi connectivity index (χ1v) is 7.30. The van der Waals surface area contributed by atoms with Gasteiger partial charge in [-0.25, -0.2) is 0 Å². The predicted octanol–water partition coefficient (Wildman–Crippen LogP) is 1.83. The Bertz CT molecular complexity index is 437. The molecule has 2 aliphatic heterocycles. The summed E-state index contributed by atoms with van der Waals surface area (Å²) >= 11 is 0. The van der Waals surface area contributed by atoms with E-state index in [1.54, 1.807) is 0 Å². The summed E-state index contributed by atoms with van der Waals surface area (Å²) in [6.45, 7) is 4.09. The molecule has 0 aliphatic carbocycles. The van der Waals surface area contributed by atoms with Crippen LogP contribution in [-0.4, -0.2) is 37.0 Å². The molecule has 1 spiro atoms. The first-order chi connectivity index (χ1) is 9.27. The summed E-state index contributed by atoms with van der Waals surface area (Å²) in [6.07, 6.45) is 4.20. The van der Waals surface area contributed by atoms with Crippen LogP contribution in [0.25, 0.3) is 0 Å². The minimum absolute atomic E-state index is 0.289. The molecule has 2 aliphatic rings. The highest BCUT2D eigenvalue weighted by Gasteiger charge is 2.39. The molecule has 0 radical (unpaired) electrons. The Hall–Kier alpha value is -1.35. The number of carbonyl (C=O) groups excluding carboxylic acids is 1. The van der Waals surface area contributed by atoms with Crippen molar-refractivity contribution in [3.8, 4) is 0 Å². The van der Waals surface area contributed by atoms with Crippen LogP contribution in [0.2, 0.25) is 0 Å². The third-order valence-corrected chi connectivity index (χ3v) is 4.54.